The van der Waals surface area contributed by atoms with Crippen molar-refractivity contribution in [3.05, 3.63) is 24.3 Å². The molecule has 1 rings (SSSR count). The fourth-order valence-electron chi connectivity index (χ4n) is 0.874. The monoisotopic (exact) mass is 184 g/mol. The smallest absolute Gasteiger partial charge is 0.238 e. The molecular weight excluding hydrogens is 174 g/mol. The van der Waals surface area contributed by atoms with Crippen molar-refractivity contribution in [3.8, 4) is 5.75 Å². The highest BCUT2D eigenvalue weighted by atomic mass is 35.5. The highest BCUT2D eigenvalue weighted by Gasteiger charge is 2.00. The predicted molar refractivity (Wildman–Crippen MR) is 50.8 cm³/mol. The predicted octanol–water partition coefficient (Wildman–Crippen LogP) is 2.24. The number of halogens is 1. The molecule has 0 N–H and O–H groups in total. The molecule has 0 aliphatic carbocycles. The molecule has 0 radical (unpaired) electrons. The molecule has 0 spiro atoms. The minimum Gasteiger partial charge on any atom is -0.497 e. The molecule has 0 aliphatic heterocycles. The van der Waals surface area contributed by atoms with Crippen molar-refractivity contribution in [1.29, 1.82) is 0 Å². The van der Waals surface area contributed by atoms with Crippen LogP contribution < -0.4 is 4.74 Å². The maximum absolute atomic E-state index is 5.53. The molecule has 12 heavy (non-hydrogen) atoms. The fourth-order valence-corrected chi connectivity index (χ4v) is 0.986. The number of methoxy groups -OCH3 is 1. The van der Waals surface area contributed by atoms with Crippen molar-refractivity contribution in [2.45, 2.75) is 0 Å². The van der Waals surface area contributed by atoms with Gasteiger partial charge in [-0.1, -0.05) is 0 Å². The average Bonchev–Trinajstić information content (AvgIpc) is 2.17. The molecular formula is C9H11ClNO+. The quantitative estimate of drug-likeness (QED) is 0.507. The van der Waals surface area contributed by atoms with Gasteiger partial charge < -0.3 is 4.74 Å². The van der Waals surface area contributed by atoms with Gasteiger partial charge in [0.15, 0.2) is 0 Å². The van der Waals surface area contributed by atoms with E-state index in [4.69, 9.17) is 16.3 Å². The first kappa shape index (κ1) is 9.07. The summed E-state index contributed by atoms with van der Waals surface area (Å²) >= 11 is 5.53. The second-order valence-corrected chi connectivity index (χ2v) is 2.60. The molecule has 64 valence electrons. The molecule has 0 saturated carbocycles. The molecule has 0 amide bonds. The summed E-state index contributed by atoms with van der Waals surface area (Å²) in [5, 5.41) is 0. The fraction of sp³-hybridized carbons (Fsp3) is 0.222. The summed E-state index contributed by atoms with van der Waals surface area (Å²) in [6.45, 7) is 0. The standard InChI is InChI=1S/C9H11ClNO/c1-11(7-10)8-3-5-9(12-2)6-4-8/h3-7H,1-2H3/q+1. The van der Waals surface area contributed by atoms with Crippen LogP contribution in [-0.4, -0.2) is 24.4 Å². The molecule has 0 aromatic heterocycles. The molecule has 0 atom stereocenters. The van der Waals surface area contributed by atoms with Crippen LogP contribution >= 0.6 is 11.6 Å². The van der Waals surface area contributed by atoms with Crippen molar-refractivity contribution in [2.75, 3.05) is 14.2 Å². The van der Waals surface area contributed by atoms with E-state index in [0.717, 1.165) is 11.4 Å². The van der Waals surface area contributed by atoms with Gasteiger partial charge in [0.25, 0.3) is 0 Å². The van der Waals surface area contributed by atoms with E-state index in [9.17, 15) is 0 Å². The lowest BCUT2D eigenvalue weighted by molar-refractivity contribution is -0.397. The molecule has 0 unspecified atom stereocenters. The largest absolute Gasteiger partial charge is 0.497 e. The lowest BCUT2D eigenvalue weighted by Crippen LogP contribution is -1.95. The number of rotatable bonds is 2. The van der Waals surface area contributed by atoms with Crippen LogP contribution in [0.4, 0.5) is 5.69 Å². The lowest BCUT2D eigenvalue weighted by Gasteiger charge is -1.98. The molecule has 3 heteroatoms. The van der Waals surface area contributed by atoms with E-state index in [1.807, 2.05) is 35.9 Å². The normalized spacial score (nSPS) is 11.4. The zero-order valence-corrected chi connectivity index (χ0v) is 7.88. The minimum atomic E-state index is 0.849. The molecule has 1 aromatic rings. The first-order valence-corrected chi connectivity index (χ1v) is 4.02. The van der Waals surface area contributed by atoms with Crippen LogP contribution in [0.1, 0.15) is 0 Å². The van der Waals surface area contributed by atoms with Crippen LogP contribution in [0.3, 0.4) is 0 Å². The third kappa shape index (κ3) is 1.98. The van der Waals surface area contributed by atoms with E-state index in [1.165, 1.54) is 5.67 Å². The Morgan fingerprint density at radius 3 is 2.33 bits per heavy atom. The molecule has 0 heterocycles. The second-order valence-electron chi connectivity index (χ2n) is 2.41. The van der Waals surface area contributed by atoms with Crippen LogP contribution in [0.5, 0.6) is 5.75 Å². The van der Waals surface area contributed by atoms with Crippen molar-refractivity contribution in [2.24, 2.45) is 0 Å². The molecule has 0 fully saturated rings. The van der Waals surface area contributed by atoms with Crippen molar-refractivity contribution >= 4 is 23.0 Å². The van der Waals surface area contributed by atoms with Gasteiger partial charge in [0.2, 0.25) is 11.4 Å². The van der Waals surface area contributed by atoms with Gasteiger partial charge in [-0.05, 0) is 23.7 Å². The third-order valence-corrected chi connectivity index (χ3v) is 1.92. The van der Waals surface area contributed by atoms with Gasteiger partial charge in [0.1, 0.15) is 12.8 Å². The van der Waals surface area contributed by atoms with Gasteiger partial charge in [-0.25, -0.2) is 0 Å². The Labute approximate surface area is 77.0 Å². The van der Waals surface area contributed by atoms with Gasteiger partial charge in [-0.2, -0.15) is 4.58 Å². The van der Waals surface area contributed by atoms with Crippen molar-refractivity contribution < 1.29 is 9.31 Å². The molecule has 0 bridgehead atoms. The van der Waals surface area contributed by atoms with Gasteiger partial charge in [-0.3, -0.25) is 0 Å². The first-order valence-electron chi connectivity index (χ1n) is 3.58. The van der Waals surface area contributed by atoms with Crippen LogP contribution in [0.15, 0.2) is 24.3 Å². The van der Waals surface area contributed by atoms with E-state index < -0.39 is 0 Å². The topological polar surface area (TPSA) is 12.2 Å². The SMILES string of the molecule is COc1ccc([N+](C)=CCl)cc1. The van der Waals surface area contributed by atoms with Crippen LogP contribution in [0, 0.1) is 0 Å². The molecule has 0 saturated heterocycles. The number of hydrogen-bond acceptors (Lipinski definition) is 1. The first-order chi connectivity index (χ1) is 5.77. The zero-order chi connectivity index (χ0) is 8.97. The van der Waals surface area contributed by atoms with E-state index in [1.54, 1.807) is 7.11 Å². The maximum Gasteiger partial charge on any atom is 0.238 e. The van der Waals surface area contributed by atoms with Crippen LogP contribution in [0.25, 0.3) is 0 Å². The summed E-state index contributed by atoms with van der Waals surface area (Å²) in [6.07, 6.45) is 0. The summed E-state index contributed by atoms with van der Waals surface area (Å²) in [4.78, 5) is 0. The number of hydrogen-bond donors (Lipinski definition) is 0. The maximum atomic E-state index is 5.53. The Morgan fingerprint density at radius 1 is 1.33 bits per heavy atom. The number of ether oxygens (including phenoxy) is 1. The van der Waals surface area contributed by atoms with E-state index >= 15 is 0 Å². The summed E-state index contributed by atoms with van der Waals surface area (Å²) in [6, 6.07) is 7.67. The Hall–Kier alpha value is -1.02. The number of benzene rings is 1. The molecule has 1 aromatic carbocycles. The Bertz CT molecular complexity index is 279. The average molecular weight is 185 g/mol. The Morgan fingerprint density at radius 2 is 1.92 bits per heavy atom. The lowest BCUT2D eigenvalue weighted by atomic mass is 10.3. The van der Waals surface area contributed by atoms with E-state index in [0.29, 0.717) is 0 Å². The van der Waals surface area contributed by atoms with Gasteiger partial charge in [-0.15, -0.1) is 0 Å². The van der Waals surface area contributed by atoms with Crippen molar-refractivity contribution in [3.63, 3.8) is 0 Å². The highest BCUT2D eigenvalue weighted by molar-refractivity contribution is 6.54. The second kappa shape index (κ2) is 4.12. The summed E-state index contributed by atoms with van der Waals surface area (Å²) in [5.41, 5.74) is 2.52. The Kier molecular flexibility index (Phi) is 3.11. The zero-order valence-electron chi connectivity index (χ0n) is 7.12. The van der Waals surface area contributed by atoms with E-state index in [-0.39, 0.29) is 0 Å². The van der Waals surface area contributed by atoms with Gasteiger partial charge in [0, 0.05) is 12.1 Å². The van der Waals surface area contributed by atoms with Gasteiger partial charge in [0.05, 0.1) is 7.11 Å². The minimum absolute atomic E-state index is 0.849. The highest BCUT2D eigenvalue weighted by Crippen LogP contribution is 2.16. The summed E-state index contributed by atoms with van der Waals surface area (Å²) in [5.74, 6) is 0.849. The molecule has 2 nitrogen and oxygen atoms in total. The Balaban J connectivity index is 2.92. The van der Waals surface area contributed by atoms with Crippen LogP contribution in [-0.2, 0) is 0 Å². The summed E-state index contributed by atoms with van der Waals surface area (Å²) < 4.78 is 6.84. The van der Waals surface area contributed by atoms with Gasteiger partial charge >= 0.3 is 0 Å². The molecule has 0 aliphatic rings. The van der Waals surface area contributed by atoms with E-state index in [2.05, 4.69) is 0 Å². The summed E-state index contributed by atoms with van der Waals surface area (Å²) in [7, 11) is 3.53. The van der Waals surface area contributed by atoms with Crippen molar-refractivity contribution in [1.82, 2.24) is 0 Å². The third-order valence-electron chi connectivity index (χ3n) is 1.63. The number of nitrogens with zero attached hydrogens (tertiary/aromatic N) is 1. The van der Waals surface area contributed by atoms with Crippen LogP contribution in [0.2, 0.25) is 0 Å².